The van der Waals surface area contributed by atoms with Crippen LogP contribution in [0.25, 0.3) is 0 Å². The number of anilines is 1. The minimum atomic E-state index is 0.0872. The highest BCUT2D eigenvalue weighted by Gasteiger charge is 2.31. The molecule has 4 rings (SSSR count). The number of methoxy groups -OCH3 is 1. The number of halogens is 1. The van der Waals surface area contributed by atoms with E-state index in [1.165, 1.54) is 9.13 Å². The van der Waals surface area contributed by atoms with E-state index in [0.717, 1.165) is 23.7 Å². The lowest BCUT2D eigenvalue weighted by Gasteiger charge is -2.32. The summed E-state index contributed by atoms with van der Waals surface area (Å²) in [6, 6.07) is 17.0. The Balaban J connectivity index is 1.75. The van der Waals surface area contributed by atoms with Gasteiger partial charge in [-0.2, -0.15) is 10.1 Å². The average molecular weight is 432 g/mol. The predicted octanol–water partition coefficient (Wildman–Crippen LogP) is 4.04. The summed E-state index contributed by atoms with van der Waals surface area (Å²) in [4.78, 5) is 4.38. The van der Waals surface area contributed by atoms with Gasteiger partial charge in [0.2, 0.25) is 5.95 Å². The molecule has 2 heterocycles. The van der Waals surface area contributed by atoms with Crippen LogP contribution in [0.1, 0.15) is 29.6 Å². The number of hydrogen-bond donors (Lipinski definition) is 1. The summed E-state index contributed by atoms with van der Waals surface area (Å²) in [7, 11) is 1.71. The highest BCUT2D eigenvalue weighted by atomic mass is 127. The Morgan fingerprint density at radius 3 is 2.75 bits per heavy atom. The molecule has 0 saturated heterocycles. The topological polar surface area (TPSA) is 52.0 Å². The van der Waals surface area contributed by atoms with Crippen LogP contribution in [0, 0.1) is 3.57 Å². The van der Waals surface area contributed by atoms with E-state index in [1.807, 2.05) is 22.9 Å². The molecule has 0 saturated carbocycles. The molecule has 0 bridgehead atoms. The maximum absolute atomic E-state index is 5.56. The Morgan fingerprint density at radius 1 is 1.17 bits per heavy atom. The van der Waals surface area contributed by atoms with Gasteiger partial charge in [-0.1, -0.05) is 30.3 Å². The molecule has 0 amide bonds. The van der Waals surface area contributed by atoms with Crippen LogP contribution in [0.3, 0.4) is 0 Å². The van der Waals surface area contributed by atoms with Crippen molar-refractivity contribution in [2.75, 3.05) is 12.4 Å². The lowest BCUT2D eigenvalue weighted by molar-refractivity contribution is 0.380. The molecule has 3 aromatic rings. The van der Waals surface area contributed by atoms with Gasteiger partial charge in [0, 0.05) is 9.13 Å². The molecular formula is C18H17IN4O. The Kier molecular flexibility index (Phi) is 4.13. The highest BCUT2D eigenvalue weighted by molar-refractivity contribution is 14.1. The fourth-order valence-corrected chi connectivity index (χ4v) is 3.59. The standard InChI is InChI=1S/C18H17IN4O/c1-24-17-5-3-2-4-14(17)16-10-15(12-6-8-13(19)9-7-12)22-18-20-11-21-23(16)18/h2-9,11,15-16H,10H2,1H3,(H,20,21,22)/t15-,16-/m0/s1. The summed E-state index contributed by atoms with van der Waals surface area (Å²) in [5.74, 6) is 1.67. The number of benzene rings is 2. The first-order valence-corrected chi connectivity index (χ1v) is 8.88. The smallest absolute Gasteiger partial charge is 0.222 e. The quantitative estimate of drug-likeness (QED) is 0.635. The number of aromatic nitrogens is 3. The summed E-state index contributed by atoms with van der Waals surface area (Å²) in [5.41, 5.74) is 2.38. The second-order valence-corrected chi connectivity index (χ2v) is 7.02. The van der Waals surface area contributed by atoms with Crippen molar-refractivity contribution in [1.82, 2.24) is 14.8 Å². The van der Waals surface area contributed by atoms with Gasteiger partial charge in [-0.25, -0.2) is 4.68 Å². The van der Waals surface area contributed by atoms with Crippen molar-refractivity contribution in [3.63, 3.8) is 0 Å². The zero-order chi connectivity index (χ0) is 16.5. The molecule has 24 heavy (non-hydrogen) atoms. The number of fused-ring (bicyclic) bond motifs is 1. The van der Waals surface area contributed by atoms with Gasteiger partial charge in [0.25, 0.3) is 0 Å². The second-order valence-electron chi connectivity index (χ2n) is 5.77. The zero-order valence-corrected chi connectivity index (χ0v) is 15.3. The summed E-state index contributed by atoms with van der Waals surface area (Å²) < 4.78 is 8.74. The van der Waals surface area contributed by atoms with Crippen molar-refractivity contribution in [2.24, 2.45) is 0 Å². The molecule has 0 spiro atoms. The van der Waals surface area contributed by atoms with Gasteiger partial charge in [0.1, 0.15) is 12.1 Å². The Labute approximate surface area is 154 Å². The lowest BCUT2D eigenvalue weighted by Crippen LogP contribution is -2.28. The van der Waals surface area contributed by atoms with Gasteiger partial charge in [0.15, 0.2) is 0 Å². The van der Waals surface area contributed by atoms with E-state index in [-0.39, 0.29) is 12.1 Å². The third kappa shape index (κ3) is 2.75. The third-order valence-electron chi connectivity index (χ3n) is 4.40. The largest absolute Gasteiger partial charge is 0.496 e. The second kappa shape index (κ2) is 6.43. The van der Waals surface area contributed by atoms with E-state index in [4.69, 9.17) is 4.74 Å². The molecule has 1 aromatic heterocycles. The van der Waals surface area contributed by atoms with E-state index >= 15 is 0 Å². The molecule has 122 valence electrons. The molecule has 5 nitrogen and oxygen atoms in total. The molecule has 6 heteroatoms. The minimum Gasteiger partial charge on any atom is -0.496 e. The summed E-state index contributed by atoms with van der Waals surface area (Å²) in [6.45, 7) is 0. The Bertz CT molecular complexity index is 846. The molecule has 0 aliphatic carbocycles. The van der Waals surface area contributed by atoms with Crippen molar-refractivity contribution in [1.29, 1.82) is 0 Å². The number of nitrogens with one attached hydrogen (secondary N) is 1. The molecule has 1 aliphatic rings. The monoisotopic (exact) mass is 432 g/mol. The maximum Gasteiger partial charge on any atom is 0.222 e. The van der Waals surface area contributed by atoms with Crippen LogP contribution in [0.15, 0.2) is 54.9 Å². The maximum atomic E-state index is 5.56. The number of nitrogens with zero attached hydrogens (tertiary/aromatic N) is 3. The van der Waals surface area contributed by atoms with Crippen molar-refractivity contribution in [3.8, 4) is 5.75 Å². The molecule has 0 unspecified atom stereocenters. The molecule has 0 radical (unpaired) electrons. The number of hydrogen-bond acceptors (Lipinski definition) is 4. The van der Waals surface area contributed by atoms with E-state index < -0.39 is 0 Å². The van der Waals surface area contributed by atoms with E-state index in [1.54, 1.807) is 13.4 Å². The number of para-hydroxylation sites is 1. The zero-order valence-electron chi connectivity index (χ0n) is 13.2. The highest BCUT2D eigenvalue weighted by Crippen LogP contribution is 2.40. The minimum absolute atomic E-state index is 0.0872. The van der Waals surface area contributed by atoms with Crippen LogP contribution in [0.5, 0.6) is 5.75 Å². The van der Waals surface area contributed by atoms with Gasteiger partial charge < -0.3 is 10.1 Å². The number of ether oxygens (including phenoxy) is 1. The van der Waals surface area contributed by atoms with Crippen molar-refractivity contribution in [2.45, 2.75) is 18.5 Å². The number of rotatable bonds is 3. The molecular weight excluding hydrogens is 415 g/mol. The van der Waals surface area contributed by atoms with E-state index in [2.05, 4.69) is 68.3 Å². The summed E-state index contributed by atoms with van der Waals surface area (Å²) in [5, 5.41) is 7.91. The Morgan fingerprint density at radius 2 is 1.96 bits per heavy atom. The van der Waals surface area contributed by atoms with Gasteiger partial charge in [-0.15, -0.1) is 0 Å². The van der Waals surface area contributed by atoms with E-state index in [0.29, 0.717) is 0 Å². The summed E-state index contributed by atoms with van der Waals surface area (Å²) >= 11 is 2.33. The average Bonchev–Trinajstić information content (AvgIpc) is 3.10. The first-order valence-electron chi connectivity index (χ1n) is 7.80. The fourth-order valence-electron chi connectivity index (χ4n) is 3.23. The lowest BCUT2D eigenvalue weighted by atomic mass is 9.93. The van der Waals surface area contributed by atoms with Gasteiger partial charge in [-0.3, -0.25) is 0 Å². The van der Waals surface area contributed by atoms with Gasteiger partial charge in [-0.05, 0) is 52.8 Å². The SMILES string of the molecule is COc1ccccc1[C@@H]1C[C@@H](c2ccc(I)cc2)Nc2ncnn21. The summed E-state index contributed by atoms with van der Waals surface area (Å²) in [6.07, 6.45) is 2.48. The van der Waals surface area contributed by atoms with Crippen molar-refractivity contribution in [3.05, 3.63) is 69.6 Å². The first kappa shape index (κ1) is 15.4. The molecule has 1 aliphatic heterocycles. The first-order chi connectivity index (χ1) is 11.8. The van der Waals surface area contributed by atoms with Crippen molar-refractivity contribution < 1.29 is 4.74 Å². The fraction of sp³-hybridized carbons (Fsp3) is 0.222. The van der Waals surface area contributed by atoms with Crippen molar-refractivity contribution >= 4 is 28.5 Å². The van der Waals surface area contributed by atoms with Gasteiger partial charge >= 0.3 is 0 Å². The molecule has 2 atom stereocenters. The van der Waals surface area contributed by atoms with Crippen LogP contribution >= 0.6 is 22.6 Å². The molecule has 0 fully saturated rings. The van der Waals surface area contributed by atoms with Gasteiger partial charge in [0.05, 0.1) is 19.2 Å². The van der Waals surface area contributed by atoms with Crippen LogP contribution in [0.2, 0.25) is 0 Å². The van der Waals surface area contributed by atoms with Crippen LogP contribution in [-0.4, -0.2) is 21.9 Å². The van der Waals surface area contributed by atoms with Crippen LogP contribution < -0.4 is 10.1 Å². The van der Waals surface area contributed by atoms with E-state index in [9.17, 15) is 0 Å². The van der Waals surface area contributed by atoms with Crippen LogP contribution in [-0.2, 0) is 0 Å². The predicted molar refractivity (Wildman–Crippen MR) is 101 cm³/mol. The Hall–Kier alpha value is -2.09. The molecule has 1 N–H and O–H groups in total. The third-order valence-corrected chi connectivity index (χ3v) is 5.12. The van der Waals surface area contributed by atoms with Crippen LogP contribution in [0.4, 0.5) is 5.95 Å². The normalized spacial score (nSPS) is 19.4. The molecule has 2 aromatic carbocycles.